The Morgan fingerprint density at radius 1 is 1.23 bits per heavy atom. The molecule has 1 aromatic heterocycles. The van der Waals surface area contributed by atoms with Crippen molar-refractivity contribution in [1.82, 2.24) is 9.55 Å². The van der Waals surface area contributed by atoms with E-state index in [1.54, 1.807) is 0 Å². The van der Waals surface area contributed by atoms with Gasteiger partial charge >= 0.3 is 6.18 Å². The Kier molecular flexibility index (Phi) is 5.51. The van der Waals surface area contributed by atoms with Crippen LogP contribution in [0, 0.1) is 11.3 Å². The van der Waals surface area contributed by atoms with Gasteiger partial charge in [0.15, 0.2) is 0 Å². The van der Waals surface area contributed by atoms with Crippen LogP contribution in [0.5, 0.6) is 5.75 Å². The molecule has 1 aliphatic heterocycles. The van der Waals surface area contributed by atoms with E-state index in [0.29, 0.717) is 44.0 Å². The molecule has 0 aliphatic carbocycles. The normalized spacial score (nSPS) is 14.6. The van der Waals surface area contributed by atoms with Gasteiger partial charge in [-0.15, -0.1) is 0 Å². The summed E-state index contributed by atoms with van der Waals surface area (Å²) in [7, 11) is 0. The molecule has 0 saturated heterocycles. The molecule has 2 heterocycles. The molecule has 5 nitrogen and oxygen atoms in total. The van der Waals surface area contributed by atoms with E-state index in [9.17, 15) is 18.0 Å². The number of nitriles is 1. The Bertz CT molecular complexity index is 1270. The van der Waals surface area contributed by atoms with Gasteiger partial charge in [-0.3, -0.25) is 9.36 Å². The van der Waals surface area contributed by atoms with Crippen molar-refractivity contribution in [1.29, 1.82) is 5.26 Å². The molecule has 0 saturated carbocycles. The molecule has 1 aliphatic rings. The number of hydrogen-bond donors (Lipinski definition) is 0. The zero-order valence-corrected chi connectivity index (χ0v) is 16.4. The summed E-state index contributed by atoms with van der Waals surface area (Å²) < 4.78 is 46.4. The molecule has 0 spiro atoms. The standard InChI is InChI=1S/C23H18F3N3O2/c24-23(25,26)17-6-7-19-20(14-17)28-21-16(8-10-29(21)22(19)30)12-15-4-3-5-18(13-15)31-11-2-1-9-27/h3-7,12-14H,1-2,8,10-11H2/b16-12-. The van der Waals surface area contributed by atoms with E-state index in [1.807, 2.05) is 30.3 Å². The molecule has 8 heteroatoms. The fraction of sp³-hybridized carbons (Fsp3) is 0.261. The first-order valence-electron chi connectivity index (χ1n) is 9.79. The second kappa shape index (κ2) is 8.26. The Morgan fingerprint density at radius 2 is 2.06 bits per heavy atom. The number of alkyl halides is 3. The fourth-order valence-electron chi connectivity index (χ4n) is 3.57. The fourth-order valence-corrected chi connectivity index (χ4v) is 3.57. The van der Waals surface area contributed by atoms with Crippen LogP contribution >= 0.6 is 0 Å². The molecule has 31 heavy (non-hydrogen) atoms. The van der Waals surface area contributed by atoms with Crippen LogP contribution in [-0.4, -0.2) is 16.2 Å². The lowest BCUT2D eigenvalue weighted by molar-refractivity contribution is -0.137. The SMILES string of the molecule is N#CCCCOc1cccc(/C=C2/CCn3c2nc2cc(C(F)(F)F)ccc2c3=O)c1. The van der Waals surface area contributed by atoms with Gasteiger partial charge in [0, 0.05) is 13.0 Å². The molecule has 0 unspecified atom stereocenters. The van der Waals surface area contributed by atoms with Crippen molar-refractivity contribution in [2.45, 2.75) is 32.0 Å². The highest BCUT2D eigenvalue weighted by molar-refractivity contribution is 5.85. The predicted molar refractivity (Wildman–Crippen MR) is 110 cm³/mol. The third kappa shape index (κ3) is 4.31. The van der Waals surface area contributed by atoms with E-state index in [-0.39, 0.29) is 16.5 Å². The summed E-state index contributed by atoms with van der Waals surface area (Å²) in [6.45, 7) is 0.856. The van der Waals surface area contributed by atoms with Crippen LogP contribution in [0.25, 0.3) is 22.6 Å². The van der Waals surface area contributed by atoms with Gasteiger partial charge in [0.05, 0.1) is 29.1 Å². The molecule has 0 radical (unpaired) electrons. The Balaban J connectivity index is 1.68. The van der Waals surface area contributed by atoms with Crippen molar-refractivity contribution in [3.8, 4) is 11.8 Å². The van der Waals surface area contributed by atoms with Gasteiger partial charge in [0.2, 0.25) is 0 Å². The van der Waals surface area contributed by atoms with Gasteiger partial charge < -0.3 is 4.74 Å². The largest absolute Gasteiger partial charge is 0.494 e. The second-order valence-corrected chi connectivity index (χ2v) is 7.22. The zero-order chi connectivity index (χ0) is 22.0. The van der Waals surface area contributed by atoms with Crippen LogP contribution in [0.3, 0.4) is 0 Å². The summed E-state index contributed by atoms with van der Waals surface area (Å²) >= 11 is 0. The maximum Gasteiger partial charge on any atom is 0.416 e. The Labute approximate surface area is 176 Å². The average Bonchev–Trinajstić information content (AvgIpc) is 3.13. The summed E-state index contributed by atoms with van der Waals surface area (Å²) in [6, 6.07) is 12.4. The molecule has 3 aromatic rings. The van der Waals surface area contributed by atoms with Crippen molar-refractivity contribution in [2.24, 2.45) is 0 Å². The van der Waals surface area contributed by atoms with Crippen LogP contribution < -0.4 is 10.3 Å². The number of benzene rings is 2. The summed E-state index contributed by atoms with van der Waals surface area (Å²) in [5.74, 6) is 1.04. The number of aromatic nitrogens is 2. The Morgan fingerprint density at radius 3 is 2.84 bits per heavy atom. The van der Waals surface area contributed by atoms with Gasteiger partial charge in [0.1, 0.15) is 11.6 Å². The molecule has 0 N–H and O–H groups in total. The number of fused-ring (bicyclic) bond motifs is 2. The van der Waals surface area contributed by atoms with Crippen LogP contribution in [0.15, 0.2) is 47.3 Å². The van der Waals surface area contributed by atoms with Crippen LogP contribution in [0.1, 0.15) is 36.2 Å². The van der Waals surface area contributed by atoms with Gasteiger partial charge in [-0.1, -0.05) is 12.1 Å². The lowest BCUT2D eigenvalue weighted by Gasteiger charge is -2.09. The molecule has 158 valence electrons. The molecule has 2 aromatic carbocycles. The van der Waals surface area contributed by atoms with Crippen molar-refractivity contribution in [3.63, 3.8) is 0 Å². The average molecular weight is 425 g/mol. The Hall–Kier alpha value is -3.60. The monoisotopic (exact) mass is 425 g/mol. The van der Waals surface area contributed by atoms with Crippen molar-refractivity contribution in [3.05, 3.63) is 69.8 Å². The van der Waals surface area contributed by atoms with Gasteiger partial charge in [-0.25, -0.2) is 4.98 Å². The minimum atomic E-state index is -4.50. The van der Waals surface area contributed by atoms with E-state index in [2.05, 4.69) is 11.1 Å². The molecule has 0 fully saturated rings. The minimum Gasteiger partial charge on any atom is -0.494 e. The molecular weight excluding hydrogens is 407 g/mol. The summed E-state index contributed by atoms with van der Waals surface area (Å²) in [6.07, 6.45) is -1.03. The summed E-state index contributed by atoms with van der Waals surface area (Å²) in [5.41, 5.74) is 0.472. The van der Waals surface area contributed by atoms with Crippen molar-refractivity contribution >= 4 is 22.6 Å². The van der Waals surface area contributed by atoms with Crippen LogP contribution in [0.4, 0.5) is 13.2 Å². The third-order valence-corrected chi connectivity index (χ3v) is 5.08. The summed E-state index contributed by atoms with van der Waals surface area (Å²) in [5, 5.41) is 8.76. The van der Waals surface area contributed by atoms with Gasteiger partial charge in [0.25, 0.3) is 5.56 Å². The highest BCUT2D eigenvalue weighted by Crippen LogP contribution is 2.32. The first-order valence-corrected chi connectivity index (χ1v) is 9.79. The number of hydrogen-bond acceptors (Lipinski definition) is 4. The first kappa shape index (κ1) is 20.7. The highest BCUT2D eigenvalue weighted by atomic mass is 19.4. The topological polar surface area (TPSA) is 67.9 Å². The number of rotatable bonds is 5. The number of halogens is 3. The van der Waals surface area contributed by atoms with E-state index in [0.717, 1.165) is 23.3 Å². The maximum atomic E-state index is 13.1. The number of allylic oxidation sites excluding steroid dienone is 1. The number of nitrogens with zero attached hydrogens (tertiary/aromatic N) is 3. The lowest BCUT2D eigenvalue weighted by atomic mass is 10.1. The highest BCUT2D eigenvalue weighted by Gasteiger charge is 2.31. The smallest absolute Gasteiger partial charge is 0.416 e. The van der Waals surface area contributed by atoms with E-state index in [4.69, 9.17) is 10.00 Å². The minimum absolute atomic E-state index is 0.0356. The maximum absolute atomic E-state index is 13.1. The summed E-state index contributed by atoms with van der Waals surface area (Å²) in [4.78, 5) is 17.2. The predicted octanol–water partition coefficient (Wildman–Crippen LogP) is 5.04. The van der Waals surface area contributed by atoms with E-state index < -0.39 is 11.7 Å². The van der Waals surface area contributed by atoms with E-state index >= 15 is 0 Å². The van der Waals surface area contributed by atoms with Gasteiger partial charge in [-0.05, 0) is 60.4 Å². The third-order valence-electron chi connectivity index (χ3n) is 5.08. The zero-order valence-electron chi connectivity index (χ0n) is 16.4. The molecule has 0 atom stereocenters. The number of unbranched alkanes of at least 4 members (excludes halogenated alkanes) is 1. The lowest BCUT2D eigenvalue weighted by Crippen LogP contribution is -2.21. The molecule has 4 rings (SSSR count). The quantitative estimate of drug-likeness (QED) is 0.537. The molecular formula is C23H18F3N3O2. The molecule has 0 bridgehead atoms. The first-order chi connectivity index (χ1) is 14.9. The second-order valence-electron chi connectivity index (χ2n) is 7.22. The van der Waals surface area contributed by atoms with Gasteiger partial charge in [-0.2, -0.15) is 18.4 Å². The van der Waals surface area contributed by atoms with E-state index in [1.165, 1.54) is 10.6 Å². The van der Waals surface area contributed by atoms with Crippen molar-refractivity contribution in [2.75, 3.05) is 6.61 Å². The van der Waals surface area contributed by atoms with Crippen LogP contribution in [0.2, 0.25) is 0 Å². The molecule has 0 amide bonds. The number of ether oxygens (including phenoxy) is 1. The van der Waals surface area contributed by atoms with Crippen LogP contribution in [-0.2, 0) is 12.7 Å². The van der Waals surface area contributed by atoms with Crippen molar-refractivity contribution < 1.29 is 17.9 Å².